The van der Waals surface area contributed by atoms with E-state index in [1.165, 1.54) is 49.5 Å². The Labute approximate surface area is 107 Å². The number of nitrogens with one attached hydrogen (secondary N) is 1. The molecule has 1 fully saturated rings. The average molecular weight is 248 g/mol. The fourth-order valence-corrected chi connectivity index (χ4v) is 3.28. The molecule has 1 heterocycles. The van der Waals surface area contributed by atoms with Crippen LogP contribution in [0.5, 0.6) is 0 Å². The van der Waals surface area contributed by atoms with Crippen LogP contribution in [0.25, 0.3) is 10.9 Å². The van der Waals surface area contributed by atoms with E-state index in [2.05, 4.69) is 17.2 Å². The molecule has 1 N–H and O–H groups in total. The molecule has 0 saturated heterocycles. The molecule has 0 atom stereocenters. The normalized spacial score (nSPS) is 17.7. The zero-order valence-corrected chi connectivity index (χ0v) is 10.8. The van der Waals surface area contributed by atoms with Gasteiger partial charge in [-0.2, -0.15) is 0 Å². The van der Waals surface area contributed by atoms with Crippen molar-refractivity contribution in [1.29, 1.82) is 0 Å². The van der Waals surface area contributed by atoms with Gasteiger partial charge in [-0.1, -0.05) is 55.8 Å². The largest absolute Gasteiger partial charge is 0.360 e. The number of H-pyrrole nitrogens is 1. The fraction of sp³-hybridized carbons (Fsp3) is 0.467. The van der Waals surface area contributed by atoms with Crippen molar-refractivity contribution in [3.05, 3.63) is 35.0 Å². The number of aromatic nitrogens is 1. The standard InChI is InChI=1S/C15H18ClN/c16-14-8-4-7-13-12(10-17-15(13)14)9-11-5-2-1-3-6-11/h4,7-8,10-11,17H,1-3,5-6,9H2. The predicted octanol–water partition coefficient (Wildman–Crippen LogP) is 4.94. The third kappa shape index (κ3) is 2.21. The molecule has 0 unspecified atom stereocenters. The molecule has 0 aliphatic heterocycles. The summed E-state index contributed by atoms with van der Waals surface area (Å²) in [4.78, 5) is 3.31. The van der Waals surface area contributed by atoms with Crippen molar-refractivity contribution in [1.82, 2.24) is 4.98 Å². The van der Waals surface area contributed by atoms with Crippen LogP contribution in [-0.2, 0) is 6.42 Å². The van der Waals surface area contributed by atoms with Gasteiger partial charge in [0.15, 0.2) is 0 Å². The minimum atomic E-state index is 0.831. The molecule has 1 aromatic heterocycles. The van der Waals surface area contributed by atoms with Gasteiger partial charge in [-0.25, -0.2) is 0 Å². The number of para-hydroxylation sites is 1. The molecule has 17 heavy (non-hydrogen) atoms. The highest BCUT2D eigenvalue weighted by Crippen LogP contribution is 2.31. The predicted molar refractivity (Wildman–Crippen MR) is 73.6 cm³/mol. The van der Waals surface area contributed by atoms with Crippen LogP contribution < -0.4 is 0 Å². The minimum absolute atomic E-state index is 0.831. The van der Waals surface area contributed by atoms with Gasteiger partial charge in [-0.05, 0) is 24.0 Å². The van der Waals surface area contributed by atoms with Crippen LogP contribution in [0.3, 0.4) is 0 Å². The van der Waals surface area contributed by atoms with E-state index in [0.29, 0.717) is 0 Å². The zero-order chi connectivity index (χ0) is 11.7. The van der Waals surface area contributed by atoms with Gasteiger partial charge in [-0.3, -0.25) is 0 Å². The first-order valence-electron chi connectivity index (χ1n) is 6.59. The highest BCUT2D eigenvalue weighted by atomic mass is 35.5. The Bertz CT molecular complexity index is 509. The Hall–Kier alpha value is -0.950. The van der Waals surface area contributed by atoms with Crippen molar-refractivity contribution in [2.45, 2.75) is 38.5 Å². The molecule has 1 aliphatic rings. The van der Waals surface area contributed by atoms with Gasteiger partial charge < -0.3 is 4.98 Å². The monoisotopic (exact) mass is 247 g/mol. The third-order valence-electron chi connectivity index (χ3n) is 3.98. The number of halogens is 1. The maximum Gasteiger partial charge on any atom is 0.0647 e. The van der Waals surface area contributed by atoms with Crippen LogP contribution in [0.1, 0.15) is 37.7 Å². The quantitative estimate of drug-likeness (QED) is 0.773. The molecule has 1 aromatic carbocycles. The summed E-state index contributed by atoms with van der Waals surface area (Å²) in [7, 11) is 0. The molecular weight excluding hydrogens is 230 g/mol. The molecule has 0 bridgehead atoms. The molecule has 1 saturated carbocycles. The lowest BCUT2D eigenvalue weighted by Gasteiger charge is -2.21. The Morgan fingerprint density at radius 3 is 2.82 bits per heavy atom. The molecule has 3 rings (SSSR count). The average Bonchev–Trinajstić information content (AvgIpc) is 2.76. The van der Waals surface area contributed by atoms with Gasteiger partial charge in [-0.15, -0.1) is 0 Å². The molecule has 0 amide bonds. The Balaban J connectivity index is 1.87. The number of hydrogen-bond acceptors (Lipinski definition) is 0. The van der Waals surface area contributed by atoms with Crippen molar-refractivity contribution in [3.8, 4) is 0 Å². The lowest BCUT2D eigenvalue weighted by atomic mass is 9.85. The number of aromatic amines is 1. The molecular formula is C15H18ClN. The van der Waals surface area contributed by atoms with Gasteiger partial charge in [0.1, 0.15) is 0 Å². The van der Waals surface area contributed by atoms with E-state index in [1.807, 2.05) is 12.1 Å². The Morgan fingerprint density at radius 1 is 1.18 bits per heavy atom. The summed E-state index contributed by atoms with van der Waals surface area (Å²) >= 11 is 6.18. The first kappa shape index (κ1) is 11.2. The summed E-state index contributed by atoms with van der Waals surface area (Å²) in [6.45, 7) is 0. The molecule has 2 aromatic rings. The van der Waals surface area contributed by atoms with Crippen LogP contribution >= 0.6 is 11.6 Å². The van der Waals surface area contributed by atoms with Crippen LogP contribution in [0, 0.1) is 5.92 Å². The highest BCUT2D eigenvalue weighted by molar-refractivity contribution is 6.35. The lowest BCUT2D eigenvalue weighted by molar-refractivity contribution is 0.357. The number of fused-ring (bicyclic) bond motifs is 1. The van der Waals surface area contributed by atoms with Gasteiger partial charge in [0.2, 0.25) is 0 Å². The first-order valence-corrected chi connectivity index (χ1v) is 6.97. The summed E-state index contributed by atoms with van der Waals surface area (Å²) in [6.07, 6.45) is 10.4. The third-order valence-corrected chi connectivity index (χ3v) is 4.30. The molecule has 1 aliphatic carbocycles. The van der Waals surface area contributed by atoms with Crippen LogP contribution in [-0.4, -0.2) is 4.98 Å². The number of benzene rings is 1. The second-order valence-electron chi connectivity index (χ2n) is 5.18. The lowest BCUT2D eigenvalue weighted by Crippen LogP contribution is -2.08. The maximum absolute atomic E-state index is 6.18. The van der Waals surface area contributed by atoms with Crippen LogP contribution in [0.15, 0.2) is 24.4 Å². The van der Waals surface area contributed by atoms with E-state index in [1.54, 1.807) is 0 Å². The van der Waals surface area contributed by atoms with Gasteiger partial charge in [0.05, 0.1) is 10.5 Å². The van der Waals surface area contributed by atoms with E-state index in [0.717, 1.165) is 16.5 Å². The molecule has 0 radical (unpaired) electrons. The SMILES string of the molecule is Clc1cccc2c(CC3CCCCC3)c[nH]c12. The molecule has 1 nitrogen and oxygen atoms in total. The Kier molecular flexibility index (Phi) is 3.11. The van der Waals surface area contributed by atoms with E-state index in [9.17, 15) is 0 Å². The van der Waals surface area contributed by atoms with Crippen molar-refractivity contribution in [3.63, 3.8) is 0 Å². The first-order chi connectivity index (χ1) is 8.34. The van der Waals surface area contributed by atoms with E-state index in [4.69, 9.17) is 11.6 Å². The summed E-state index contributed by atoms with van der Waals surface area (Å²) in [5.74, 6) is 0.877. The maximum atomic E-state index is 6.18. The Morgan fingerprint density at radius 2 is 2.00 bits per heavy atom. The van der Waals surface area contributed by atoms with Gasteiger partial charge in [0.25, 0.3) is 0 Å². The van der Waals surface area contributed by atoms with Crippen molar-refractivity contribution in [2.75, 3.05) is 0 Å². The van der Waals surface area contributed by atoms with E-state index >= 15 is 0 Å². The summed E-state index contributed by atoms with van der Waals surface area (Å²) in [6, 6.07) is 6.17. The fourth-order valence-electron chi connectivity index (χ4n) is 3.05. The summed E-state index contributed by atoms with van der Waals surface area (Å²) in [5, 5.41) is 2.14. The summed E-state index contributed by atoms with van der Waals surface area (Å²) < 4.78 is 0. The molecule has 90 valence electrons. The smallest absolute Gasteiger partial charge is 0.0647 e. The van der Waals surface area contributed by atoms with Crippen molar-refractivity contribution < 1.29 is 0 Å². The molecule has 0 spiro atoms. The van der Waals surface area contributed by atoms with E-state index < -0.39 is 0 Å². The van der Waals surface area contributed by atoms with Gasteiger partial charge >= 0.3 is 0 Å². The topological polar surface area (TPSA) is 15.8 Å². The van der Waals surface area contributed by atoms with Gasteiger partial charge in [0, 0.05) is 11.6 Å². The van der Waals surface area contributed by atoms with Crippen LogP contribution in [0.2, 0.25) is 5.02 Å². The number of rotatable bonds is 2. The highest BCUT2D eigenvalue weighted by Gasteiger charge is 2.16. The van der Waals surface area contributed by atoms with Crippen LogP contribution in [0.4, 0.5) is 0 Å². The second-order valence-corrected chi connectivity index (χ2v) is 5.59. The zero-order valence-electron chi connectivity index (χ0n) is 10.0. The second kappa shape index (κ2) is 4.73. The minimum Gasteiger partial charge on any atom is -0.360 e. The van der Waals surface area contributed by atoms with Crippen molar-refractivity contribution >= 4 is 22.5 Å². The van der Waals surface area contributed by atoms with Crippen molar-refractivity contribution in [2.24, 2.45) is 5.92 Å². The summed E-state index contributed by atoms with van der Waals surface area (Å²) in [5.41, 5.74) is 2.54. The number of hydrogen-bond donors (Lipinski definition) is 1. The van der Waals surface area contributed by atoms with E-state index in [-0.39, 0.29) is 0 Å². The molecule has 2 heteroatoms.